The predicted molar refractivity (Wildman–Crippen MR) is 117 cm³/mol. The lowest BCUT2D eigenvalue weighted by molar-refractivity contribution is 0.128. The Labute approximate surface area is 170 Å². The van der Waals surface area contributed by atoms with E-state index in [1.54, 1.807) is 0 Å². The van der Waals surface area contributed by atoms with Crippen molar-refractivity contribution in [2.45, 2.75) is 46.1 Å². The van der Waals surface area contributed by atoms with Gasteiger partial charge in [-0.25, -0.2) is 0 Å². The van der Waals surface area contributed by atoms with E-state index in [4.69, 9.17) is 4.74 Å². The number of nitrogens with zero attached hydrogens (tertiary/aromatic N) is 2. The normalized spacial score (nSPS) is 15.4. The molecule has 0 aliphatic heterocycles. The number of ether oxygens (including phenoxy) is 1. The van der Waals surface area contributed by atoms with Gasteiger partial charge in [0.2, 0.25) is 0 Å². The zero-order chi connectivity index (χ0) is 17.4. The molecule has 2 rings (SSSR count). The lowest BCUT2D eigenvalue weighted by Crippen LogP contribution is -2.41. The molecule has 142 valence electrons. The first-order valence-corrected chi connectivity index (χ1v) is 9.20. The monoisotopic (exact) mass is 459 g/mol. The molecular formula is C20H34IN3O. The molecule has 4 nitrogen and oxygen atoms in total. The van der Waals surface area contributed by atoms with Gasteiger partial charge in [-0.3, -0.25) is 4.99 Å². The maximum Gasteiger partial charge on any atom is 0.193 e. The number of halogens is 1. The molecule has 1 N–H and O–H groups in total. The third kappa shape index (κ3) is 7.13. The Hall–Kier alpha value is -0.820. The molecule has 1 aromatic carbocycles. The van der Waals surface area contributed by atoms with Crippen molar-refractivity contribution in [2.75, 3.05) is 33.9 Å². The summed E-state index contributed by atoms with van der Waals surface area (Å²) in [6.07, 6.45) is 4.83. The fourth-order valence-electron chi connectivity index (χ4n) is 3.01. The van der Waals surface area contributed by atoms with Crippen LogP contribution in [-0.2, 0) is 17.7 Å². The molecule has 25 heavy (non-hydrogen) atoms. The van der Waals surface area contributed by atoms with E-state index in [1.807, 2.05) is 7.05 Å². The number of hydrogen-bond acceptors (Lipinski definition) is 2. The quantitative estimate of drug-likeness (QED) is 0.262. The molecule has 0 aromatic heterocycles. The van der Waals surface area contributed by atoms with Crippen molar-refractivity contribution < 1.29 is 4.74 Å². The average molecular weight is 459 g/mol. The van der Waals surface area contributed by atoms with Crippen molar-refractivity contribution in [1.82, 2.24) is 10.2 Å². The summed E-state index contributed by atoms with van der Waals surface area (Å²) in [6.45, 7) is 7.79. The fraction of sp³-hybridized carbons (Fsp3) is 0.650. The van der Waals surface area contributed by atoms with Crippen LogP contribution in [0, 0.1) is 5.41 Å². The highest BCUT2D eigenvalue weighted by atomic mass is 127. The Morgan fingerprint density at radius 3 is 2.36 bits per heavy atom. The van der Waals surface area contributed by atoms with Crippen molar-refractivity contribution in [3.05, 3.63) is 35.4 Å². The van der Waals surface area contributed by atoms with Gasteiger partial charge in [-0.05, 0) is 49.1 Å². The maximum atomic E-state index is 5.52. The van der Waals surface area contributed by atoms with Gasteiger partial charge in [0, 0.05) is 40.4 Å². The van der Waals surface area contributed by atoms with Crippen LogP contribution in [0.5, 0.6) is 0 Å². The second-order valence-corrected chi connectivity index (χ2v) is 6.87. The Bertz CT molecular complexity index is 526. The molecule has 0 amide bonds. The van der Waals surface area contributed by atoms with E-state index in [9.17, 15) is 0 Å². The van der Waals surface area contributed by atoms with E-state index >= 15 is 0 Å². The topological polar surface area (TPSA) is 36.9 Å². The molecule has 0 bridgehead atoms. The summed E-state index contributed by atoms with van der Waals surface area (Å²) >= 11 is 0. The molecular weight excluding hydrogens is 425 g/mol. The number of aryl methyl sites for hydroxylation is 1. The minimum Gasteiger partial charge on any atom is -0.382 e. The Balaban J connectivity index is 0.00000312. The number of nitrogens with one attached hydrogen (secondary N) is 1. The van der Waals surface area contributed by atoms with Crippen molar-refractivity contribution in [3.8, 4) is 0 Å². The first-order valence-electron chi connectivity index (χ1n) is 9.20. The van der Waals surface area contributed by atoms with E-state index in [0.29, 0.717) is 5.41 Å². The summed E-state index contributed by atoms with van der Waals surface area (Å²) in [5.41, 5.74) is 3.12. The van der Waals surface area contributed by atoms with Gasteiger partial charge >= 0.3 is 0 Å². The van der Waals surface area contributed by atoms with Crippen LogP contribution >= 0.6 is 24.0 Å². The van der Waals surface area contributed by atoms with Crippen LogP contribution in [0.25, 0.3) is 0 Å². The van der Waals surface area contributed by atoms with Crippen LogP contribution in [0.15, 0.2) is 29.3 Å². The first kappa shape index (κ1) is 22.2. The molecule has 0 unspecified atom stereocenters. The molecule has 1 aliphatic carbocycles. The third-order valence-corrected chi connectivity index (χ3v) is 4.98. The predicted octanol–water partition coefficient (Wildman–Crippen LogP) is 4.08. The largest absolute Gasteiger partial charge is 0.382 e. The molecule has 0 saturated heterocycles. The first-order chi connectivity index (χ1) is 11.6. The lowest BCUT2D eigenvalue weighted by Gasteiger charge is -2.25. The summed E-state index contributed by atoms with van der Waals surface area (Å²) in [6, 6.07) is 8.86. The SMILES string of the molecule is CCOCCC1(CNC(=NC)N(C)Cc2ccc(CC)cc2)CC1.I. The zero-order valence-electron chi connectivity index (χ0n) is 16.2. The molecule has 0 atom stereocenters. The molecule has 1 saturated carbocycles. The van der Waals surface area contributed by atoms with Crippen LogP contribution in [0.4, 0.5) is 0 Å². The summed E-state index contributed by atoms with van der Waals surface area (Å²) in [7, 11) is 3.96. The van der Waals surface area contributed by atoms with Crippen LogP contribution in [0.3, 0.4) is 0 Å². The summed E-state index contributed by atoms with van der Waals surface area (Å²) in [5, 5.41) is 3.56. The Kier molecular flexibility index (Phi) is 9.79. The van der Waals surface area contributed by atoms with Crippen molar-refractivity contribution in [2.24, 2.45) is 10.4 Å². The summed E-state index contributed by atoms with van der Waals surface area (Å²) in [4.78, 5) is 6.64. The second kappa shape index (κ2) is 11.0. The van der Waals surface area contributed by atoms with Crippen LogP contribution in [-0.4, -0.2) is 44.7 Å². The Morgan fingerprint density at radius 2 is 1.84 bits per heavy atom. The maximum absolute atomic E-state index is 5.52. The second-order valence-electron chi connectivity index (χ2n) is 6.87. The van der Waals surface area contributed by atoms with Crippen molar-refractivity contribution in [3.63, 3.8) is 0 Å². The smallest absolute Gasteiger partial charge is 0.193 e. The number of guanidine groups is 1. The van der Waals surface area contributed by atoms with Gasteiger partial charge in [-0.15, -0.1) is 24.0 Å². The minimum atomic E-state index is 0. The highest BCUT2D eigenvalue weighted by molar-refractivity contribution is 14.0. The highest BCUT2D eigenvalue weighted by Crippen LogP contribution is 2.48. The molecule has 1 aliphatic rings. The van der Waals surface area contributed by atoms with Crippen molar-refractivity contribution in [1.29, 1.82) is 0 Å². The number of benzene rings is 1. The van der Waals surface area contributed by atoms with Gasteiger partial charge in [-0.2, -0.15) is 0 Å². The zero-order valence-corrected chi connectivity index (χ0v) is 18.5. The van der Waals surface area contributed by atoms with Crippen LogP contribution < -0.4 is 5.32 Å². The number of aliphatic imine (C=N–C) groups is 1. The van der Waals surface area contributed by atoms with E-state index in [2.05, 4.69) is 60.4 Å². The van der Waals surface area contributed by atoms with Gasteiger partial charge in [0.05, 0.1) is 0 Å². The standard InChI is InChI=1S/C20H33N3O.HI/c1-5-17-7-9-18(10-8-17)15-23(4)19(21-3)22-16-20(11-12-20)13-14-24-6-2;/h7-10H,5-6,11-16H2,1-4H3,(H,21,22);1H. The number of rotatable bonds is 9. The van der Waals surface area contributed by atoms with Crippen LogP contribution in [0.2, 0.25) is 0 Å². The summed E-state index contributed by atoms with van der Waals surface area (Å²) in [5.74, 6) is 0.970. The third-order valence-electron chi connectivity index (χ3n) is 4.98. The number of hydrogen-bond donors (Lipinski definition) is 1. The molecule has 0 radical (unpaired) electrons. The lowest BCUT2D eigenvalue weighted by atomic mass is 10.0. The van der Waals surface area contributed by atoms with E-state index in [-0.39, 0.29) is 24.0 Å². The molecule has 0 heterocycles. The minimum absolute atomic E-state index is 0. The Morgan fingerprint density at radius 1 is 1.20 bits per heavy atom. The highest BCUT2D eigenvalue weighted by Gasteiger charge is 2.42. The fourth-order valence-corrected chi connectivity index (χ4v) is 3.01. The van der Waals surface area contributed by atoms with Gasteiger partial charge in [0.15, 0.2) is 5.96 Å². The van der Waals surface area contributed by atoms with E-state index in [0.717, 1.165) is 45.1 Å². The molecule has 1 fully saturated rings. The van der Waals surface area contributed by atoms with Crippen molar-refractivity contribution >= 4 is 29.9 Å². The van der Waals surface area contributed by atoms with E-state index < -0.39 is 0 Å². The van der Waals surface area contributed by atoms with Gasteiger partial charge in [0.25, 0.3) is 0 Å². The van der Waals surface area contributed by atoms with Gasteiger partial charge in [-0.1, -0.05) is 31.2 Å². The molecule has 1 aromatic rings. The molecule has 0 spiro atoms. The molecule has 5 heteroatoms. The average Bonchev–Trinajstić information content (AvgIpc) is 3.36. The summed E-state index contributed by atoms with van der Waals surface area (Å²) < 4.78 is 5.52. The van der Waals surface area contributed by atoms with E-state index in [1.165, 1.54) is 24.0 Å². The van der Waals surface area contributed by atoms with Crippen LogP contribution in [0.1, 0.15) is 44.2 Å². The van der Waals surface area contributed by atoms with Gasteiger partial charge < -0.3 is 15.0 Å². The van der Waals surface area contributed by atoms with Gasteiger partial charge in [0.1, 0.15) is 0 Å².